The third-order valence-electron chi connectivity index (χ3n) is 5.99. The Bertz CT molecular complexity index is 1300. The molecule has 7 nitrogen and oxygen atoms in total. The first-order chi connectivity index (χ1) is 16.6. The maximum Gasteiger partial charge on any atom is 0.261 e. The highest BCUT2D eigenvalue weighted by atomic mass is 35.5. The number of carbonyl (C=O) groups is 1. The van der Waals surface area contributed by atoms with Crippen LogP contribution in [0.1, 0.15) is 35.4 Å². The van der Waals surface area contributed by atoms with E-state index in [1.807, 2.05) is 54.6 Å². The standard InChI is InChI=1S/C26H24ClN5O2/c1-17-24(25(31-34-17)20-7-3-4-8-21(20)27)26(33)28-19-11-9-18(10-12-19)22-13-14-23(30-29-22)32-15-5-2-6-16-32/h3-4,7-14H,2,5-6,15-16H2,1H3,(H,28,33). The van der Waals surface area contributed by atoms with Crippen LogP contribution >= 0.6 is 11.6 Å². The van der Waals surface area contributed by atoms with Gasteiger partial charge in [0.15, 0.2) is 5.82 Å². The van der Waals surface area contributed by atoms with E-state index in [9.17, 15) is 4.79 Å². The van der Waals surface area contributed by atoms with Crippen LogP contribution in [0.5, 0.6) is 0 Å². The van der Waals surface area contributed by atoms with Gasteiger partial charge in [0.05, 0.1) is 10.7 Å². The lowest BCUT2D eigenvalue weighted by Crippen LogP contribution is -2.30. The van der Waals surface area contributed by atoms with Crippen LogP contribution < -0.4 is 10.2 Å². The van der Waals surface area contributed by atoms with Gasteiger partial charge in [0.25, 0.3) is 5.91 Å². The van der Waals surface area contributed by atoms with E-state index in [1.165, 1.54) is 19.3 Å². The van der Waals surface area contributed by atoms with Crippen LogP contribution in [0.15, 0.2) is 65.2 Å². The van der Waals surface area contributed by atoms with Gasteiger partial charge in [-0.15, -0.1) is 10.2 Å². The summed E-state index contributed by atoms with van der Waals surface area (Å²) in [4.78, 5) is 15.3. The van der Waals surface area contributed by atoms with Crippen LogP contribution in [0.25, 0.3) is 22.5 Å². The maximum absolute atomic E-state index is 13.1. The Kier molecular flexibility index (Phi) is 6.27. The predicted molar refractivity (Wildman–Crippen MR) is 133 cm³/mol. The number of hydrogen-bond acceptors (Lipinski definition) is 6. The molecular formula is C26H24ClN5O2. The number of rotatable bonds is 5. The van der Waals surface area contributed by atoms with Crippen molar-refractivity contribution in [2.24, 2.45) is 0 Å². The second-order valence-corrected chi connectivity index (χ2v) is 8.71. The lowest BCUT2D eigenvalue weighted by atomic mass is 10.1. The summed E-state index contributed by atoms with van der Waals surface area (Å²) in [5.74, 6) is 1.03. The van der Waals surface area contributed by atoms with Crippen molar-refractivity contribution in [3.63, 3.8) is 0 Å². The van der Waals surface area contributed by atoms with Gasteiger partial charge in [0.1, 0.15) is 17.0 Å². The van der Waals surface area contributed by atoms with E-state index in [2.05, 4.69) is 25.6 Å². The zero-order valence-electron chi connectivity index (χ0n) is 18.8. The molecule has 0 unspecified atom stereocenters. The van der Waals surface area contributed by atoms with Gasteiger partial charge in [-0.1, -0.05) is 47.1 Å². The van der Waals surface area contributed by atoms with Crippen LogP contribution in [-0.4, -0.2) is 34.4 Å². The largest absolute Gasteiger partial charge is 0.360 e. The third-order valence-corrected chi connectivity index (χ3v) is 6.32. The van der Waals surface area contributed by atoms with Crippen molar-refractivity contribution in [1.29, 1.82) is 0 Å². The smallest absolute Gasteiger partial charge is 0.261 e. The molecule has 34 heavy (non-hydrogen) atoms. The summed E-state index contributed by atoms with van der Waals surface area (Å²) >= 11 is 6.31. The number of halogens is 1. The Morgan fingerprint density at radius 1 is 0.971 bits per heavy atom. The molecule has 1 amide bonds. The van der Waals surface area contributed by atoms with Gasteiger partial charge in [-0.05, 0) is 56.5 Å². The summed E-state index contributed by atoms with van der Waals surface area (Å²) in [5.41, 5.74) is 3.78. The van der Waals surface area contributed by atoms with Crippen LogP contribution in [0, 0.1) is 6.92 Å². The highest BCUT2D eigenvalue weighted by Crippen LogP contribution is 2.31. The van der Waals surface area contributed by atoms with E-state index < -0.39 is 0 Å². The van der Waals surface area contributed by atoms with Gasteiger partial charge in [-0.2, -0.15) is 0 Å². The minimum absolute atomic E-state index is 0.313. The summed E-state index contributed by atoms with van der Waals surface area (Å²) in [6, 6.07) is 18.7. The Morgan fingerprint density at radius 2 is 1.74 bits per heavy atom. The number of carbonyl (C=O) groups excluding carboxylic acids is 1. The fourth-order valence-corrected chi connectivity index (χ4v) is 4.39. The first-order valence-electron chi connectivity index (χ1n) is 11.3. The van der Waals surface area contributed by atoms with Crippen LogP contribution in [0.4, 0.5) is 11.5 Å². The van der Waals surface area contributed by atoms with Crippen molar-refractivity contribution >= 4 is 29.0 Å². The molecule has 0 radical (unpaired) electrons. The van der Waals surface area contributed by atoms with E-state index in [0.717, 1.165) is 30.2 Å². The van der Waals surface area contributed by atoms with Crippen LogP contribution in [0.3, 0.4) is 0 Å². The van der Waals surface area contributed by atoms with Gasteiger partial charge >= 0.3 is 0 Å². The van der Waals surface area contributed by atoms with Gasteiger partial charge in [0.2, 0.25) is 0 Å². The zero-order chi connectivity index (χ0) is 23.5. The molecule has 2 aromatic heterocycles. The molecule has 2 aromatic carbocycles. The third kappa shape index (κ3) is 4.52. The summed E-state index contributed by atoms with van der Waals surface area (Å²) in [6.07, 6.45) is 3.68. The number of piperidine rings is 1. The lowest BCUT2D eigenvalue weighted by Gasteiger charge is -2.27. The molecule has 1 aliphatic rings. The maximum atomic E-state index is 13.1. The fourth-order valence-electron chi connectivity index (χ4n) is 4.17. The fraction of sp³-hybridized carbons (Fsp3) is 0.231. The highest BCUT2D eigenvalue weighted by molar-refractivity contribution is 6.33. The van der Waals surface area contributed by atoms with Gasteiger partial charge in [0, 0.05) is 29.9 Å². The van der Waals surface area contributed by atoms with Crippen molar-refractivity contribution in [2.45, 2.75) is 26.2 Å². The second-order valence-electron chi connectivity index (χ2n) is 8.30. The van der Waals surface area contributed by atoms with Crippen LogP contribution in [0.2, 0.25) is 5.02 Å². The monoisotopic (exact) mass is 473 g/mol. The van der Waals surface area contributed by atoms with Crippen molar-refractivity contribution in [3.8, 4) is 22.5 Å². The van der Waals surface area contributed by atoms with Crippen LogP contribution in [-0.2, 0) is 0 Å². The number of benzene rings is 2. The average molecular weight is 474 g/mol. The summed E-state index contributed by atoms with van der Waals surface area (Å²) in [5, 5.41) is 16.3. The van der Waals surface area contributed by atoms with Crippen molar-refractivity contribution in [3.05, 3.63) is 77.0 Å². The van der Waals surface area contributed by atoms with E-state index in [0.29, 0.717) is 33.3 Å². The first kappa shape index (κ1) is 22.1. The van der Waals surface area contributed by atoms with Gasteiger partial charge in [-0.25, -0.2) is 0 Å². The number of hydrogen-bond donors (Lipinski definition) is 1. The number of anilines is 2. The molecule has 8 heteroatoms. The normalized spacial score (nSPS) is 13.6. The molecule has 5 rings (SSSR count). The molecule has 0 bridgehead atoms. The lowest BCUT2D eigenvalue weighted by molar-refractivity contribution is 0.102. The number of nitrogens with one attached hydrogen (secondary N) is 1. The number of aryl methyl sites for hydroxylation is 1. The van der Waals surface area contributed by atoms with E-state index >= 15 is 0 Å². The molecule has 1 saturated heterocycles. The minimum atomic E-state index is -0.313. The Balaban J connectivity index is 1.31. The zero-order valence-corrected chi connectivity index (χ0v) is 19.5. The predicted octanol–water partition coefficient (Wildman–Crippen LogP) is 6.00. The van der Waals surface area contributed by atoms with E-state index in [4.69, 9.17) is 16.1 Å². The van der Waals surface area contributed by atoms with Gasteiger partial charge in [-0.3, -0.25) is 4.79 Å². The Hall–Kier alpha value is -3.71. The summed E-state index contributed by atoms with van der Waals surface area (Å²) in [6.45, 7) is 3.77. The molecule has 0 spiro atoms. The quantitative estimate of drug-likeness (QED) is 0.382. The topological polar surface area (TPSA) is 84.2 Å². The number of aromatic nitrogens is 3. The number of amides is 1. The molecule has 172 valence electrons. The Labute approximate surface area is 202 Å². The summed E-state index contributed by atoms with van der Waals surface area (Å²) in [7, 11) is 0. The average Bonchev–Trinajstić information content (AvgIpc) is 3.26. The Morgan fingerprint density at radius 3 is 2.44 bits per heavy atom. The van der Waals surface area contributed by atoms with E-state index in [1.54, 1.807) is 13.0 Å². The molecular weight excluding hydrogens is 450 g/mol. The molecule has 0 atom stereocenters. The molecule has 0 saturated carbocycles. The SMILES string of the molecule is Cc1onc(-c2ccccc2Cl)c1C(=O)Nc1ccc(-c2ccc(N3CCCCC3)nn2)cc1. The molecule has 1 fully saturated rings. The molecule has 1 aliphatic heterocycles. The minimum Gasteiger partial charge on any atom is -0.360 e. The van der Waals surface area contributed by atoms with Crippen molar-refractivity contribution in [2.75, 3.05) is 23.3 Å². The molecule has 3 heterocycles. The molecule has 0 aliphatic carbocycles. The number of nitrogens with zero attached hydrogens (tertiary/aromatic N) is 4. The van der Waals surface area contributed by atoms with E-state index in [-0.39, 0.29) is 5.91 Å². The molecule has 4 aromatic rings. The van der Waals surface area contributed by atoms with Gasteiger partial charge < -0.3 is 14.7 Å². The van der Waals surface area contributed by atoms with Crippen molar-refractivity contribution < 1.29 is 9.32 Å². The highest BCUT2D eigenvalue weighted by Gasteiger charge is 2.23. The summed E-state index contributed by atoms with van der Waals surface area (Å²) < 4.78 is 5.31. The first-order valence-corrected chi connectivity index (χ1v) is 11.7. The molecule has 1 N–H and O–H groups in total. The second kappa shape index (κ2) is 9.65. The van der Waals surface area contributed by atoms with Crippen molar-refractivity contribution in [1.82, 2.24) is 15.4 Å².